The van der Waals surface area contributed by atoms with Crippen molar-refractivity contribution in [2.45, 2.75) is 103 Å². The predicted octanol–water partition coefficient (Wildman–Crippen LogP) is 8.68. The van der Waals surface area contributed by atoms with Crippen molar-refractivity contribution in [3.8, 4) is 11.5 Å². The molecule has 2 nitrogen and oxygen atoms in total. The van der Waals surface area contributed by atoms with Crippen LogP contribution in [0.3, 0.4) is 0 Å². The molecule has 0 aliphatic rings. The smallest absolute Gasteiger partial charge is 0.117 e. The maximum Gasteiger partial charge on any atom is 0.117 e. The molecule has 2 N–H and O–H groups in total. The highest BCUT2D eigenvalue weighted by atomic mass is 32.2. The number of phenolic OH excluding ortho intramolecular Hbond substituents is 2. The van der Waals surface area contributed by atoms with Gasteiger partial charge in [-0.15, -0.1) is 0 Å². The molecule has 0 spiro atoms. The third-order valence-electron chi connectivity index (χ3n) is 5.53. The molecule has 0 aliphatic heterocycles. The van der Waals surface area contributed by atoms with E-state index in [-0.39, 0.29) is 33.2 Å². The quantitative estimate of drug-likeness (QED) is 0.470. The van der Waals surface area contributed by atoms with Crippen LogP contribution >= 0.6 is 11.8 Å². The zero-order valence-corrected chi connectivity index (χ0v) is 22.0. The normalized spacial score (nSPS) is 13.5. The Hall–Kier alpha value is -1.61. The van der Waals surface area contributed by atoms with Gasteiger partial charge in [-0.1, -0.05) is 81.0 Å². The average Bonchev–Trinajstić information content (AvgIpc) is 2.49. The molecule has 0 aliphatic carbocycles. The Kier molecular flexibility index (Phi) is 7.22. The highest BCUT2D eigenvalue weighted by molar-refractivity contribution is 7.99. The van der Waals surface area contributed by atoms with E-state index in [4.69, 9.17) is 0 Å². The van der Waals surface area contributed by atoms with E-state index >= 15 is 0 Å². The van der Waals surface area contributed by atoms with Crippen molar-refractivity contribution in [1.82, 2.24) is 0 Å². The van der Waals surface area contributed by atoms with Crippen LogP contribution in [0.2, 0.25) is 0 Å². The van der Waals surface area contributed by atoms with Gasteiger partial charge in [-0.3, -0.25) is 0 Å². The Bertz CT molecular complexity index is 836. The lowest BCUT2D eigenvalue weighted by molar-refractivity contribution is 0.283. The summed E-state index contributed by atoms with van der Waals surface area (Å²) in [6.07, 6.45) is 2.04. The first-order valence-electron chi connectivity index (χ1n) is 11.2. The maximum atomic E-state index is 10.4. The Morgan fingerprint density at radius 3 is 1.16 bits per heavy atom. The predicted molar refractivity (Wildman–Crippen MR) is 135 cm³/mol. The zero-order chi connectivity index (χ0) is 23.8. The molecule has 0 fully saturated rings. The first-order chi connectivity index (χ1) is 13.9. The fourth-order valence-corrected chi connectivity index (χ4v) is 6.06. The van der Waals surface area contributed by atoms with Gasteiger partial charge in [0, 0.05) is 9.79 Å². The topological polar surface area (TPSA) is 40.5 Å². The molecule has 31 heavy (non-hydrogen) atoms. The van der Waals surface area contributed by atoms with Crippen LogP contribution in [0, 0.1) is 10.8 Å². The Labute approximate surface area is 194 Å². The molecule has 2 rings (SSSR count). The molecule has 0 saturated heterocycles. The van der Waals surface area contributed by atoms with Crippen LogP contribution in [-0.4, -0.2) is 10.2 Å². The first kappa shape index (κ1) is 25.6. The second-order valence-electron chi connectivity index (χ2n) is 12.8. The van der Waals surface area contributed by atoms with Crippen molar-refractivity contribution in [2.75, 3.05) is 0 Å². The van der Waals surface area contributed by atoms with Crippen LogP contribution in [-0.2, 0) is 10.8 Å². The summed E-state index contributed by atoms with van der Waals surface area (Å²) in [5.41, 5.74) is 2.56. The van der Waals surface area contributed by atoms with Crippen molar-refractivity contribution >= 4 is 11.8 Å². The summed E-state index contributed by atoms with van der Waals surface area (Å²) < 4.78 is 0. The van der Waals surface area contributed by atoms with Crippen LogP contribution in [0.4, 0.5) is 0 Å². The van der Waals surface area contributed by atoms with Crippen LogP contribution < -0.4 is 0 Å². The standard InChI is InChI=1S/C28H42O2S/c1-25(2,3)17-27(7,8)19-11-21(29)15-23(13-19)31-24-14-20(12-22(30)16-24)28(9,10)18-26(4,5)6/h11-16,29-30H,17-18H2,1-10H3. The van der Waals surface area contributed by atoms with Crippen molar-refractivity contribution in [3.05, 3.63) is 47.5 Å². The molecule has 0 bridgehead atoms. The molecule has 2 aromatic carbocycles. The summed E-state index contributed by atoms with van der Waals surface area (Å²) in [5.74, 6) is 0.575. The molecule has 172 valence electrons. The van der Waals surface area contributed by atoms with Gasteiger partial charge in [-0.05, 0) is 82.0 Å². The first-order valence-corrected chi connectivity index (χ1v) is 12.1. The molecule has 0 radical (unpaired) electrons. The summed E-state index contributed by atoms with van der Waals surface area (Å²) >= 11 is 1.59. The number of hydrogen-bond donors (Lipinski definition) is 2. The van der Waals surface area contributed by atoms with Gasteiger partial charge in [-0.2, -0.15) is 0 Å². The summed E-state index contributed by atoms with van der Waals surface area (Å²) in [7, 11) is 0. The van der Waals surface area contributed by atoms with E-state index in [1.165, 1.54) is 0 Å². The Morgan fingerprint density at radius 1 is 0.548 bits per heavy atom. The number of phenols is 2. The minimum absolute atomic E-state index is 0.0506. The summed E-state index contributed by atoms with van der Waals surface area (Å²) in [6, 6.07) is 11.8. The van der Waals surface area contributed by atoms with Crippen LogP contribution in [0.25, 0.3) is 0 Å². The Morgan fingerprint density at radius 2 is 0.871 bits per heavy atom. The van der Waals surface area contributed by atoms with Crippen LogP contribution in [0.1, 0.15) is 93.2 Å². The lowest BCUT2D eigenvalue weighted by Gasteiger charge is -2.33. The number of aromatic hydroxyl groups is 2. The molecule has 3 heteroatoms. The van der Waals surface area contributed by atoms with Gasteiger partial charge in [0.2, 0.25) is 0 Å². The van der Waals surface area contributed by atoms with Gasteiger partial charge in [-0.25, -0.2) is 0 Å². The van der Waals surface area contributed by atoms with Gasteiger partial charge in [0.15, 0.2) is 0 Å². The fraction of sp³-hybridized carbons (Fsp3) is 0.571. The SMILES string of the molecule is CC(C)(C)CC(C)(C)c1cc(O)cc(Sc2cc(O)cc(C(C)(C)CC(C)(C)C)c2)c1. The van der Waals surface area contributed by atoms with E-state index in [2.05, 4.69) is 81.4 Å². The lowest BCUT2D eigenvalue weighted by atomic mass is 9.72. The van der Waals surface area contributed by atoms with E-state index in [1.54, 1.807) is 11.8 Å². The minimum atomic E-state index is -0.0506. The van der Waals surface area contributed by atoms with Gasteiger partial charge < -0.3 is 10.2 Å². The molecular weight excluding hydrogens is 400 g/mol. The summed E-state index contributed by atoms with van der Waals surface area (Å²) in [6.45, 7) is 22.5. The van der Waals surface area contributed by atoms with Crippen molar-refractivity contribution in [3.63, 3.8) is 0 Å². The maximum absolute atomic E-state index is 10.4. The molecular formula is C28H42O2S. The average molecular weight is 443 g/mol. The van der Waals surface area contributed by atoms with Gasteiger partial charge in [0.25, 0.3) is 0 Å². The van der Waals surface area contributed by atoms with E-state index in [1.807, 2.05) is 24.3 Å². The zero-order valence-electron chi connectivity index (χ0n) is 21.2. The van der Waals surface area contributed by atoms with E-state index in [0.717, 1.165) is 33.8 Å². The summed E-state index contributed by atoms with van der Waals surface area (Å²) in [5, 5.41) is 20.9. The summed E-state index contributed by atoms with van der Waals surface area (Å²) in [4.78, 5) is 1.98. The lowest BCUT2D eigenvalue weighted by Crippen LogP contribution is -2.24. The third-order valence-corrected chi connectivity index (χ3v) is 6.47. The highest BCUT2D eigenvalue weighted by Crippen LogP contribution is 2.43. The molecule has 0 unspecified atom stereocenters. The van der Waals surface area contributed by atoms with Crippen molar-refractivity contribution < 1.29 is 10.2 Å². The minimum Gasteiger partial charge on any atom is -0.508 e. The van der Waals surface area contributed by atoms with E-state index < -0.39 is 0 Å². The van der Waals surface area contributed by atoms with Gasteiger partial charge in [0.1, 0.15) is 11.5 Å². The molecule has 2 aromatic rings. The highest BCUT2D eigenvalue weighted by Gasteiger charge is 2.29. The van der Waals surface area contributed by atoms with Crippen LogP contribution in [0.5, 0.6) is 11.5 Å². The van der Waals surface area contributed by atoms with Crippen molar-refractivity contribution in [2.24, 2.45) is 10.8 Å². The molecule has 0 aromatic heterocycles. The second kappa shape index (κ2) is 8.73. The molecule has 0 atom stereocenters. The number of rotatable bonds is 6. The Balaban J connectivity index is 2.39. The molecule has 0 amide bonds. The number of hydrogen-bond acceptors (Lipinski definition) is 3. The van der Waals surface area contributed by atoms with Crippen LogP contribution in [0.15, 0.2) is 46.2 Å². The van der Waals surface area contributed by atoms with E-state index in [0.29, 0.717) is 0 Å². The third kappa shape index (κ3) is 7.79. The van der Waals surface area contributed by atoms with Crippen molar-refractivity contribution in [1.29, 1.82) is 0 Å². The molecule has 0 heterocycles. The second-order valence-corrected chi connectivity index (χ2v) is 13.9. The fourth-order valence-electron chi connectivity index (χ4n) is 5.06. The monoisotopic (exact) mass is 442 g/mol. The molecule has 0 saturated carbocycles. The number of benzene rings is 2. The van der Waals surface area contributed by atoms with Gasteiger partial charge in [0.05, 0.1) is 0 Å². The van der Waals surface area contributed by atoms with Gasteiger partial charge >= 0.3 is 0 Å². The van der Waals surface area contributed by atoms with E-state index in [9.17, 15) is 10.2 Å². The largest absolute Gasteiger partial charge is 0.508 e.